The Labute approximate surface area is 118 Å². The zero-order valence-corrected chi connectivity index (χ0v) is 13.5. The van der Waals surface area contributed by atoms with Crippen molar-refractivity contribution in [1.82, 2.24) is 0 Å². The number of aryl methyl sites for hydroxylation is 1. The highest BCUT2D eigenvalue weighted by molar-refractivity contribution is 8.17. The zero-order chi connectivity index (χ0) is 13.6. The number of hydrogen-bond acceptors (Lipinski definition) is 4. The molecule has 2 nitrogen and oxygen atoms in total. The number of rotatable bonds is 4. The van der Waals surface area contributed by atoms with Crippen LogP contribution in [0.1, 0.15) is 12.5 Å². The van der Waals surface area contributed by atoms with E-state index in [1.165, 1.54) is 11.8 Å². The second kappa shape index (κ2) is 4.76. The monoisotopic (exact) mass is 302 g/mol. The van der Waals surface area contributed by atoms with Crippen LogP contribution < -0.4 is 0 Å². The van der Waals surface area contributed by atoms with Crippen LogP contribution in [0.3, 0.4) is 0 Å². The number of sulfone groups is 1. The van der Waals surface area contributed by atoms with Crippen molar-refractivity contribution >= 4 is 33.4 Å². The number of thioether (sulfide) groups is 2. The first-order valence-electron chi connectivity index (χ1n) is 5.81. The SMILES string of the molecule is CSC1[C@@H](C)[C@]1(SC)S(=O)(=O)c1ccc(C)cc1. The van der Waals surface area contributed by atoms with Gasteiger partial charge in [-0.3, -0.25) is 0 Å². The maximum absolute atomic E-state index is 12.8. The fourth-order valence-corrected chi connectivity index (χ4v) is 9.02. The summed E-state index contributed by atoms with van der Waals surface area (Å²) >= 11 is 3.13. The third kappa shape index (κ3) is 1.82. The lowest BCUT2D eigenvalue weighted by Gasteiger charge is -2.16. The smallest absolute Gasteiger partial charge is 0.194 e. The first kappa shape index (κ1) is 14.3. The second-order valence-electron chi connectivity index (χ2n) is 4.69. The van der Waals surface area contributed by atoms with E-state index in [1.807, 2.05) is 38.5 Å². The molecule has 5 heteroatoms. The molecule has 1 aliphatic rings. The Hall–Kier alpha value is -0.130. The van der Waals surface area contributed by atoms with Crippen LogP contribution >= 0.6 is 23.5 Å². The Morgan fingerprint density at radius 3 is 2.11 bits per heavy atom. The van der Waals surface area contributed by atoms with Gasteiger partial charge in [-0.2, -0.15) is 11.8 Å². The summed E-state index contributed by atoms with van der Waals surface area (Å²) in [5.74, 6) is 0.203. The molecular formula is C13H18O2S3. The standard InChI is InChI=1S/C13H18O2S3/c1-9-5-7-11(8-6-9)18(14,15)13(17-4)10(2)12(13)16-3/h5-8,10,12H,1-4H3/t10-,12?,13+/m1/s1. The summed E-state index contributed by atoms with van der Waals surface area (Å²) in [7, 11) is -3.26. The van der Waals surface area contributed by atoms with Crippen molar-refractivity contribution < 1.29 is 8.42 Å². The predicted molar refractivity (Wildman–Crippen MR) is 81.1 cm³/mol. The Morgan fingerprint density at radius 1 is 1.17 bits per heavy atom. The van der Waals surface area contributed by atoms with Gasteiger partial charge in [-0.1, -0.05) is 24.6 Å². The average molecular weight is 302 g/mol. The summed E-state index contributed by atoms with van der Waals surface area (Å²) in [6, 6.07) is 7.18. The van der Waals surface area contributed by atoms with E-state index in [-0.39, 0.29) is 11.2 Å². The number of benzene rings is 1. The molecule has 18 heavy (non-hydrogen) atoms. The molecule has 1 aliphatic carbocycles. The summed E-state index contributed by atoms with van der Waals surface area (Å²) in [6.45, 7) is 3.99. The van der Waals surface area contributed by atoms with Crippen LogP contribution in [0, 0.1) is 12.8 Å². The van der Waals surface area contributed by atoms with Crippen LogP contribution in [-0.2, 0) is 9.84 Å². The summed E-state index contributed by atoms with van der Waals surface area (Å²) in [4.78, 5) is 0.450. The molecule has 2 rings (SSSR count). The van der Waals surface area contributed by atoms with E-state index in [0.29, 0.717) is 4.90 Å². The van der Waals surface area contributed by atoms with E-state index in [9.17, 15) is 8.42 Å². The Balaban J connectivity index is 2.46. The maximum atomic E-state index is 12.8. The molecule has 0 aliphatic heterocycles. The van der Waals surface area contributed by atoms with Crippen molar-refractivity contribution in [3.05, 3.63) is 29.8 Å². The molecular weight excluding hydrogens is 284 g/mol. The zero-order valence-electron chi connectivity index (χ0n) is 11.0. The molecule has 0 heterocycles. The largest absolute Gasteiger partial charge is 0.222 e. The van der Waals surface area contributed by atoms with Crippen LogP contribution in [-0.4, -0.2) is 30.3 Å². The fraction of sp³-hybridized carbons (Fsp3) is 0.538. The summed E-state index contributed by atoms with van der Waals surface area (Å²) in [5.41, 5.74) is 1.08. The minimum atomic E-state index is -3.26. The molecule has 0 saturated heterocycles. The van der Waals surface area contributed by atoms with E-state index in [0.717, 1.165) is 5.56 Å². The van der Waals surface area contributed by atoms with Crippen molar-refractivity contribution in [3.63, 3.8) is 0 Å². The van der Waals surface area contributed by atoms with Crippen LogP contribution in [0.4, 0.5) is 0 Å². The van der Waals surface area contributed by atoms with Crippen molar-refractivity contribution in [2.75, 3.05) is 12.5 Å². The fourth-order valence-electron chi connectivity index (χ4n) is 2.54. The van der Waals surface area contributed by atoms with Crippen molar-refractivity contribution in [3.8, 4) is 0 Å². The molecule has 0 bridgehead atoms. The van der Waals surface area contributed by atoms with Gasteiger partial charge in [0.25, 0.3) is 0 Å². The van der Waals surface area contributed by atoms with Gasteiger partial charge in [0.2, 0.25) is 0 Å². The lowest BCUT2D eigenvalue weighted by molar-refractivity contribution is 0.590. The van der Waals surface area contributed by atoms with Gasteiger partial charge in [-0.15, -0.1) is 11.8 Å². The molecule has 1 unspecified atom stereocenters. The summed E-state index contributed by atoms with van der Waals surface area (Å²) in [6.07, 6.45) is 3.89. The third-order valence-corrected chi connectivity index (χ3v) is 10.1. The summed E-state index contributed by atoms with van der Waals surface area (Å²) in [5, 5.41) is 0.193. The van der Waals surface area contributed by atoms with E-state index in [4.69, 9.17) is 0 Å². The van der Waals surface area contributed by atoms with Gasteiger partial charge in [0.15, 0.2) is 9.84 Å². The van der Waals surface area contributed by atoms with E-state index >= 15 is 0 Å². The molecule has 0 amide bonds. The Bertz CT molecular complexity index is 536. The summed E-state index contributed by atoms with van der Waals surface area (Å²) < 4.78 is 25.0. The topological polar surface area (TPSA) is 34.1 Å². The second-order valence-corrected chi connectivity index (χ2v) is 9.16. The lowest BCUT2D eigenvalue weighted by Crippen LogP contribution is -2.24. The highest BCUT2D eigenvalue weighted by atomic mass is 32.3. The third-order valence-electron chi connectivity index (χ3n) is 3.70. The molecule has 0 radical (unpaired) electrons. The van der Waals surface area contributed by atoms with Crippen LogP contribution in [0.15, 0.2) is 29.2 Å². The molecule has 100 valence electrons. The Kier molecular flexibility index (Phi) is 3.78. The van der Waals surface area contributed by atoms with Crippen LogP contribution in [0.2, 0.25) is 0 Å². The molecule has 0 spiro atoms. The van der Waals surface area contributed by atoms with Gasteiger partial charge in [0, 0.05) is 11.2 Å². The maximum Gasteiger partial charge on any atom is 0.194 e. The molecule has 3 atom stereocenters. The van der Waals surface area contributed by atoms with E-state index in [1.54, 1.807) is 23.9 Å². The van der Waals surface area contributed by atoms with Crippen LogP contribution in [0.25, 0.3) is 0 Å². The Morgan fingerprint density at radius 2 is 1.72 bits per heavy atom. The van der Waals surface area contributed by atoms with Gasteiger partial charge in [-0.25, -0.2) is 8.42 Å². The molecule has 0 N–H and O–H groups in total. The highest BCUT2D eigenvalue weighted by Crippen LogP contribution is 2.63. The highest BCUT2D eigenvalue weighted by Gasteiger charge is 2.70. The number of hydrogen-bond donors (Lipinski definition) is 0. The van der Waals surface area contributed by atoms with Gasteiger partial charge in [-0.05, 0) is 31.6 Å². The van der Waals surface area contributed by atoms with Gasteiger partial charge >= 0.3 is 0 Å². The van der Waals surface area contributed by atoms with Crippen molar-refractivity contribution in [2.45, 2.75) is 28.1 Å². The molecule has 1 saturated carbocycles. The first-order chi connectivity index (χ1) is 8.41. The first-order valence-corrected chi connectivity index (χ1v) is 9.80. The van der Waals surface area contributed by atoms with E-state index < -0.39 is 13.9 Å². The molecule has 1 aromatic carbocycles. The minimum Gasteiger partial charge on any atom is -0.222 e. The molecule has 1 fully saturated rings. The van der Waals surface area contributed by atoms with E-state index in [2.05, 4.69) is 0 Å². The quantitative estimate of drug-likeness (QED) is 0.855. The molecule has 0 aromatic heterocycles. The molecule has 1 aromatic rings. The normalized spacial score (nSPS) is 31.3. The van der Waals surface area contributed by atoms with Crippen molar-refractivity contribution in [2.24, 2.45) is 5.92 Å². The average Bonchev–Trinajstić information content (AvgIpc) is 2.95. The van der Waals surface area contributed by atoms with Gasteiger partial charge in [0.05, 0.1) is 4.90 Å². The van der Waals surface area contributed by atoms with Gasteiger partial charge < -0.3 is 0 Å². The lowest BCUT2D eigenvalue weighted by atomic mass is 10.2. The van der Waals surface area contributed by atoms with Gasteiger partial charge in [0.1, 0.15) is 4.08 Å². The van der Waals surface area contributed by atoms with Crippen molar-refractivity contribution in [1.29, 1.82) is 0 Å². The van der Waals surface area contributed by atoms with Crippen LogP contribution in [0.5, 0.6) is 0 Å². The predicted octanol–water partition coefficient (Wildman–Crippen LogP) is 3.21. The minimum absolute atomic E-state index is 0.193.